The number of benzene rings is 4. The topological polar surface area (TPSA) is 201 Å². The van der Waals surface area contributed by atoms with Gasteiger partial charge in [0.15, 0.2) is 17.7 Å². The van der Waals surface area contributed by atoms with Gasteiger partial charge in [0.25, 0.3) is 0 Å². The molecular weight excluding hydrogens is 661 g/mol. The van der Waals surface area contributed by atoms with Crippen molar-refractivity contribution in [2.24, 2.45) is 44.6 Å². The fourth-order valence-electron chi connectivity index (χ4n) is 6.45. The third kappa shape index (κ3) is 14.6. The molecule has 0 saturated carbocycles. The smallest absolute Gasteiger partial charge is 0.223 e. The minimum atomic E-state index is -0.733. The maximum atomic E-state index is 14.0. The molecular formula is C43H56N8O2. The van der Waals surface area contributed by atoms with Crippen LogP contribution in [-0.2, 0) is 22.4 Å². The number of ketones is 1. The third-order valence-corrected chi connectivity index (χ3v) is 9.40. The van der Waals surface area contributed by atoms with E-state index in [9.17, 15) is 9.59 Å². The van der Waals surface area contributed by atoms with Gasteiger partial charge in [-0.3, -0.25) is 19.6 Å². The molecule has 0 aliphatic rings. The van der Waals surface area contributed by atoms with Crippen molar-refractivity contribution >= 4 is 23.6 Å². The zero-order chi connectivity index (χ0) is 37.8. The van der Waals surface area contributed by atoms with Crippen LogP contribution < -0.4 is 34.0 Å². The van der Waals surface area contributed by atoms with Crippen molar-refractivity contribution in [3.63, 3.8) is 0 Å². The number of nitrogens with two attached hydrogens (primary N) is 5. The highest BCUT2D eigenvalue weighted by Gasteiger charge is 2.27. The van der Waals surface area contributed by atoms with Crippen molar-refractivity contribution in [3.05, 3.63) is 120 Å². The molecule has 1 amide bonds. The molecule has 10 nitrogen and oxygen atoms in total. The van der Waals surface area contributed by atoms with Crippen LogP contribution in [0.5, 0.6) is 0 Å². The lowest BCUT2D eigenvalue weighted by molar-refractivity contribution is -0.130. The van der Waals surface area contributed by atoms with Crippen LogP contribution in [0.25, 0.3) is 22.3 Å². The lowest BCUT2D eigenvalue weighted by Gasteiger charge is -2.24. The Labute approximate surface area is 314 Å². The second kappa shape index (κ2) is 21.8. The molecule has 0 unspecified atom stereocenters. The number of hydrogen-bond donors (Lipinski definition) is 6. The molecule has 0 aromatic heterocycles. The van der Waals surface area contributed by atoms with Gasteiger partial charge >= 0.3 is 0 Å². The van der Waals surface area contributed by atoms with Crippen LogP contribution in [-0.4, -0.2) is 48.8 Å². The van der Waals surface area contributed by atoms with Gasteiger partial charge in [-0.05, 0) is 71.9 Å². The summed E-state index contributed by atoms with van der Waals surface area (Å²) in [6, 6.07) is 36.1. The van der Waals surface area contributed by atoms with E-state index in [4.69, 9.17) is 28.7 Å². The predicted molar refractivity (Wildman–Crippen MR) is 218 cm³/mol. The summed E-state index contributed by atoms with van der Waals surface area (Å²) in [4.78, 5) is 35.7. The van der Waals surface area contributed by atoms with Gasteiger partial charge in [0.1, 0.15) is 0 Å². The standard InChI is InChI=1S/C43H56N8O2/c44-39(29-32-20-24-36(25-21-32)34-14-7-4-8-15-34)40(52)30-37(16-11-27-50-43(47)48)41(53)51-38(17-9-1-2-10-26-49-42(45)46)28-31-18-22-35(23-19-31)33-12-5-3-6-13-33/h3-8,12-15,18-25,37-39H,1-2,9-11,16-17,26-30,44H2,(H,51,53)(H4,45,46,49)(H4,47,48,50)/t37-,38-,39+/m1/s1. The second-order valence-electron chi connectivity index (χ2n) is 13.7. The molecule has 4 aromatic rings. The van der Waals surface area contributed by atoms with Gasteiger partial charge in [0.05, 0.1) is 6.04 Å². The van der Waals surface area contributed by atoms with E-state index in [2.05, 4.69) is 63.8 Å². The molecule has 53 heavy (non-hydrogen) atoms. The van der Waals surface area contributed by atoms with Crippen molar-refractivity contribution in [2.75, 3.05) is 13.1 Å². The molecule has 0 aliphatic carbocycles. The van der Waals surface area contributed by atoms with Gasteiger partial charge in [-0.25, -0.2) is 0 Å². The zero-order valence-corrected chi connectivity index (χ0v) is 30.7. The molecule has 280 valence electrons. The molecule has 0 saturated heterocycles. The normalized spacial score (nSPS) is 12.6. The van der Waals surface area contributed by atoms with Gasteiger partial charge in [-0.1, -0.05) is 128 Å². The number of rotatable bonds is 22. The first-order valence-corrected chi connectivity index (χ1v) is 18.7. The Morgan fingerprint density at radius 3 is 1.55 bits per heavy atom. The maximum absolute atomic E-state index is 14.0. The van der Waals surface area contributed by atoms with Crippen LogP contribution in [0, 0.1) is 5.92 Å². The van der Waals surface area contributed by atoms with Gasteiger partial charge in [0, 0.05) is 31.5 Å². The summed E-state index contributed by atoms with van der Waals surface area (Å²) in [6.07, 6.45) is 6.70. The molecule has 4 aromatic carbocycles. The van der Waals surface area contributed by atoms with Crippen molar-refractivity contribution in [2.45, 2.75) is 76.3 Å². The average Bonchev–Trinajstić information content (AvgIpc) is 3.16. The Bertz CT molecular complexity index is 1740. The Morgan fingerprint density at radius 2 is 1.02 bits per heavy atom. The number of hydrogen-bond acceptors (Lipinski definition) is 5. The van der Waals surface area contributed by atoms with E-state index >= 15 is 0 Å². The Hall–Kier alpha value is -5.48. The molecule has 0 bridgehead atoms. The first-order chi connectivity index (χ1) is 25.7. The number of carbonyl (C=O) groups excluding carboxylic acids is 2. The van der Waals surface area contributed by atoms with E-state index in [1.807, 2.05) is 60.7 Å². The largest absolute Gasteiger partial charge is 0.370 e. The average molecular weight is 717 g/mol. The van der Waals surface area contributed by atoms with Crippen molar-refractivity contribution in [1.82, 2.24) is 5.32 Å². The highest BCUT2D eigenvalue weighted by Crippen LogP contribution is 2.23. The third-order valence-electron chi connectivity index (χ3n) is 9.40. The highest BCUT2D eigenvalue weighted by atomic mass is 16.2. The zero-order valence-electron chi connectivity index (χ0n) is 30.7. The van der Waals surface area contributed by atoms with Gasteiger partial charge in [0.2, 0.25) is 5.91 Å². The number of Topliss-reactive ketones (excluding diaryl/α,β-unsaturated/α-hetero) is 1. The van der Waals surface area contributed by atoms with Crippen molar-refractivity contribution in [3.8, 4) is 22.3 Å². The fourth-order valence-corrected chi connectivity index (χ4v) is 6.45. The molecule has 0 fully saturated rings. The van der Waals surface area contributed by atoms with E-state index in [0.29, 0.717) is 38.8 Å². The summed E-state index contributed by atoms with van der Waals surface area (Å²) in [5.74, 6) is -0.755. The van der Waals surface area contributed by atoms with E-state index < -0.39 is 12.0 Å². The predicted octanol–water partition coefficient (Wildman–Crippen LogP) is 5.47. The van der Waals surface area contributed by atoms with E-state index in [0.717, 1.165) is 65.5 Å². The summed E-state index contributed by atoms with van der Waals surface area (Å²) in [5.41, 5.74) is 35.1. The quantitative estimate of drug-likeness (QED) is 0.0352. The van der Waals surface area contributed by atoms with E-state index in [1.165, 1.54) is 0 Å². The summed E-state index contributed by atoms with van der Waals surface area (Å²) >= 11 is 0. The van der Waals surface area contributed by atoms with Crippen LogP contribution >= 0.6 is 0 Å². The van der Waals surface area contributed by atoms with Gasteiger partial charge < -0.3 is 34.0 Å². The Balaban J connectivity index is 1.42. The summed E-state index contributed by atoms with van der Waals surface area (Å²) in [6.45, 7) is 0.976. The number of guanidine groups is 2. The highest BCUT2D eigenvalue weighted by molar-refractivity contribution is 5.90. The maximum Gasteiger partial charge on any atom is 0.223 e. The summed E-state index contributed by atoms with van der Waals surface area (Å²) in [5, 5.41) is 3.32. The van der Waals surface area contributed by atoms with Crippen molar-refractivity contribution < 1.29 is 9.59 Å². The molecule has 10 heteroatoms. The van der Waals surface area contributed by atoms with Gasteiger partial charge in [-0.2, -0.15) is 0 Å². The summed E-state index contributed by atoms with van der Waals surface area (Å²) in [7, 11) is 0. The fraction of sp³-hybridized carbons (Fsp3) is 0.349. The second-order valence-corrected chi connectivity index (χ2v) is 13.7. The molecule has 0 heterocycles. The van der Waals surface area contributed by atoms with Crippen LogP contribution in [0.1, 0.15) is 62.5 Å². The van der Waals surface area contributed by atoms with Crippen LogP contribution in [0.15, 0.2) is 119 Å². The molecule has 11 N–H and O–H groups in total. The molecule has 3 atom stereocenters. The number of nitrogens with one attached hydrogen (secondary N) is 1. The number of nitrogens with zero attached hydrogens (tertiary/aromatic N) is 2. The monoisotopic (exact) mass is 716 g/mol. The number of unbranched alkanes of at least 4 members (excludes halogenated alkanes) is 3. The SMILES string of the molecule is NC(N)=NCCCCCC[C@H](Cc1ccc(-c2ccccc2)cc1)NC(=O)[C@H](CCCN=C(N)N)CC(=O)[C@@H](N)Cc1ccc(-c2ccccc2)cc1. The minimum Gasteiger partial charge on any atom is -0.370 e. The van der Waals surface area contributed by atoms with Crippen LogP contribution in [0.3, 0.4) is 0 Å². The first-order valence-electron chi connectivity index (χ1n) is 18.7. The van der Waals surface area contributed by atoms with Crippen LogP contribution in [0.4, 0.5) is 0 Å². The molecule has 4 rings (SSSR count). The Morgan fingerprint density at radius 1 is 0.547 bits per heavy atom. The summed E-state index contributed by atoms with van der Waals surface area (Å²) < 4.78 is 0. The number of aliphatic imine (C=N–C) groups is 2. The van der Waals surface area contributed by atoms with E-state index in [-0.39, 0.29) is 36.1 Å². The lowest BCUT2D eigenvalue weighted by Crippen LogP contribution is -2.42. The number of carbonyl (C=O) groups is 2. The van der Waals surface area contributed by atoms with E-state index in [1.54, 1.807) is 0 Å². The lowest BCUT2D eigenvalue weighted by atomic mass is 9.90. The minimum absolute atomic E-state index is 0.000899. The molecule has 0 aliphatic heterocycles. The molecule has 0 spiro atoms. The Kier molecular flexibility index (Phi) is 16.6. The number of amides is 1. The van der Waals surface area contributed by atoms with Crippen molar-refractivity contribution in [1.29, 1.82) is 0 Å². The molecule has 0 radical (unpaired) electrons. The van der Waals surface area contributed by atoms with Crippen LogP contribution in [0.2, 0.25) is 0 Å². The van der Waals surface area contributed by atoms with Gasteiger partial charge in [-0.15, -0.1) is 0 Å². The first kappa shape index (κ1) is 40.3.